The molecule has 37 heavy (non-hydrogen) atoms. The maximum Gasteiger partial charge on any atom is 0.253 e. The van der Waals surface area contributed by atoms with Crippen LogP contribution in [0.1, 0.15) is 41.3 Å². The molecule has 4 rings (SSSR count). The van der Waals surface area contributed by atoms with Gasteiger partial charge in [0.1, 0.15) is 17.7 Å². The fourth-order valence-corrected chi connectivity index (χ4v) is 5.57. The van der Waals surface area contributed by atoms with E-state index in [1.807, 2.05) is 30.3 Å². The fraction of sp³-hybridized carbons (Fsp3) is 0.333. The van der Waals surface area contributed by atoms with Crippen molar-refractivity contribution in [3.63, 3.8) is 0 Å². The predicted molar refractivity (Wildman–Crippen MR) is 149 cm³/mol. The third-order valence-corrected chi connectivity index (χ3v) is 8.27. The highest BCUT2D eigenvalue weighted by Crippen LogP contribution is 2.42. The Hall–Kier alpha value is -3.22. The van der Waals surface area contributed by atoms with Crippen molar-refractivity contribution in [3.8, 4) is 0 Å². The van der Waals surface area contributed by atoms with Gasteiger partial charge in [-0.2, -0.15) is 0 Å². The highest BCUT2D eigenvalue weighted by molar-refractivity contribution is 7.69. The molecule has 0 saturated carbocycles. The van der Waals surface area contributed by atoms with E-state index in [2.05, 4.69) is 39.3 Å². The average molecular weight is 540 g/mol. The molecule has 0 bridgehead atoms. The number of carbonyl (C=O) groups is 2. The standard InChI is InChI=1S/C27H31ClN5O3P/c1-17(2)19-8-6-7-9-21(19)27(15-33(16-27)18-10-11-24(31-13-18)37(4,5)36)26(35)32-22-14-30-23(28)12-20(22)25(34)29-3/h6-14,17H,15-16H2,1-5H3,(H,29,34)(H,32,35). The van der Waals surface area contributed by atoms with Crippen LogP contribution in [0.2, 0.25) is 5.15 Å². The predicted octanol–water partition coefficient (Wildman–Crippen LogP) is 4.26. The van der Waals surface area contributed by atoms with E-state index in [9.17, 15) is 14.2 Å². The van der Waals surface area contributed by atoms with Gasteiger partial charge in [0.25, 0.3) is 5.91 Å². The van der Waals surface area contributed by atoms with Gasteiger partial charge in [0.05, 0.1) is 34.8 Å². The molecule has 0 spiro atoms. The van der Waals surface area contributed by atoms with Gasteiger partial charge in [0.2, 0.25) is 5.91 Å². The maximum atomic E-state index is 14.0. The summed E-state index contributed by atoms with van der Waals surface area (Å²) in [6, 6.07) is 13.1. The number of benzene rings is 1. The summed E-state index contributed by atoms with van der Waals surface area (Å²) in [5.41, 5.74) is 3.11. The molecule has 3 aromatic rings. The van der Waals surface area contributed by atoms with Crippen molar-refractivity contribution in [1.29, 1.82) is 0 Å². The van der Waals surface area contributed by atoms with Crippen LogP contribution in [0.25, 0.3) is 0 Å². The van der Waals surface area contributed by atoms with Crippen LogP contribution in [0.15, 0.2) is 54.9 Å². The Balaban J connectivity index is 1.71. The topological polar surface area (TPSA) is 104 Å². The number of aromatic nitrogens is 2. The molecule has 10 heteroatoms. The molecular weight excluding hydrogens is 509 g/mol. The van der Waals surface area contributed by atoms with E-state index in [1.165, 1.54) is 19.3 Å². The summed E-state index contributed by atoms with van der Waals surface area (Å²) in [7, 11) is -0.950. The van der Waals surface area contributed by atoms with Gasteiger partial charge >= 0.3 is 0 Å². The van der Waals surface area contributed by atoms with Gasteiger partial charge in [-0.3, -0.25) is 14.6 Å². The molecule has 1 aliphatic heterocycles. The normalized spacial score (nSPS) is 14.7. The highest BCUT2D eigenvalue weighted by atomic mass is 35.5. The van der Waals surface area contributed by atoms with Crippen molar-refractivity contribution < 1.29 is 14.2 Å². The zero-order valence-corrected chi connectivity index (χ0v) is 23.2. The lowest BCUT2D eigenvalue weighted by Crippen LogP contribution is -2.65. The molecular formula is C27H31ClN5O3P. The molecule has 0 atom stereocenters. The number of carbonyl (C=O) groups excluding carboxylic acids is 2. The summed E-state index contributed by atoms with van der Waals surface area (Å²) in [5, 5.41) is 5.70. The molecule has 8 nitrogen and oxygen atoms in total. The lowest BCUT2D eigenvalue weighted by molar-refractivity contribution is -0.122. The molecule has 0 unspecified atom stereocenters. The minimum atomic E-state index is -2.47. The number of amides is 2. The largest absolute Gasteiger partial charge is 0.367 e. The van der Waals surface area contributed by atoms with Crippen molar-refractivity contribution in [2.45, 2.75) is 25.2 Å². The number of halogens is 1. The van der Waals surface area contributed by atoms with E-state index in [0.717, 1.165) is 16.8 Å². The number of nitrogens with zero attached hydrogens (tertiary/aromatic N) is 3. The SMILES string of the molecule is CNC(=O)c1cc(Cl)ncc1NC(=O)C1(c2ccccc2C(C)C)CN(c2ccc(P(C)(C)=O)nc2)C1. The van der Waals surface area contributed by atoms with E-state index < -0.39 is 12.6 Å². The summed E-state index contributed by atoms with van der Waals surface area (Å²) < 4.78 is 12.4. The molecule has 2 N–H and O–H groups in total. The molecule has 1 aromatic carbocycles. The zero-order valence-electron chi connectivity index (χ0n) is 21.6. The van der Waals surface area contributed by atoms with Gasteiger partial charge in [-0.15, -0.1) is 0 Å². The van der Waals surface area contributed by atoms with Crippen LogP contribution in [-0.2, 0) is 14.8 Å². The summed E-state index contributed by atoms with van der Waals surface area (Å²) >= 11 is 6.03. The van der Waals surface area contributed by atoms with E-state index >= 15 is 0 Å². The first-order chi connectivity index (χ1) is 17.5. The van der Waals surface area contributed by atoms with E-state index in [4.69, 9.17) is 11.6 Å². The minimum Gasteiger partial charge on any atom is -0.367 e. The Kier molecular flexibility index (Phi) is 7.45. The van der Waals surface area contributed by atoms with Gasteiger partial charge in [0, 0.05) is 20.1 Å². The van der Waals surface area contributed by atoms with Crippen LogP contribution in [0.5, 0.6) is 0 Å². The summed E-state index contributed by atoms with van der Waals surface area (Å²) in [4.78, 5) is 37.0. The van der Waals surface area contributed by atoms with Gasteiger partial charge in [0.15, 0.2) is 0 Å². The van der Waals surface area contributed by atoms with Crippen LogP contribution in [0.3, 0.4) is 0 Å². The van der Waals surface area contributed by atoms with Crippen molar-refractivity contribution in [2.24, 2.45) is 0 Å². The number of hydrogen-bond donors (Lipinski definition) is 2. The first kappa shape index (κ1) is 26.8. The third-order valence-electron chi connectivity index (χ3n) is 6.69. The molecule has 1 aliphatic rings. The van der Waals surface area contributed by atoms with Gasteiger partial charge in [-0.1, -0.05) is 49.7 Å². The fourth-order valence-electron chi connectivity index (χ4n) is 4.64. The van der Waals surface area contributed by atoms with Crippen LogP contribution < -0.4 is 21.0 Å². The molecule has 2 amide bonds. The number of hydrogen-bond acceptors (Lipinski definition) is 6. The molecule has 0 radical (unpaired) electrons. The van der Waals surface area contributed by atoms with E-state index in [0.29, 0.717) is 24.2 Å². The molecule has 1 saturated heterocycles. The molecule has 1 fully saturated rings. The van der Waals surface area contributed by atoms with Crippen LogP contribution in [0, 0.1) is 0 Å². The maximum absolute atomic E-state index is 14.0. The van der Waals surface area contributed by atoms with Crippen LogP contribution >= 0.6 is 18.7 Å². The Bertz CT molecular complexity index is 1380. The zero-order chi connectivity index (χ0) is 27.0. The lowest BCUT2D eigenvalue weighted by Gasteiger charge is -2.51. The first-order valence-electron chi connectivity index (χ1n) is 12.0. The second-order valence-corrected chi connectivity index (χ2v) is 13.5. The highest BCUT2D eigenvalue weighted by Gasteiger charge is 2.52. The van der Waals surface area contributed by atoms with Crippen LogP contribution in [0.4, 0.5) is 11.4 Å². The van der Waals surface area contributed by atoms with Gasteiger partial charge in [-0.05, 0) is 48.6 Å². The van der Waals surface area contributed by atoms with E-state index in [1.54, 1.807) is 25.6 Å². The van der Waals surface area contributed by atoms with Gasteiger partial charge < -0.3 is 20.1 Å². The lowest BCUT2D eigenvalue weighted by atomic mass is 9.69. The second-order valence-electron chi connectivity index (χ2n) is 9.99. The molecule has 2 aromatic heterocycles. The van der Waals surface area contributed by atoms with Crippen molar-refractivity contribution in [1.82, 2.24) is 15.3 Å². The second kappa shape index (κ2) is 10.3. The Morgan fingerprint density at radius 2 is 1.78 bits per heavy atom. The molecule has 0 aliphatic carbocycles. The number of nitrogens with one attached hydrogen (secondary N) is 2. The quantitative estimate of drug-likeness (QED) is 0.343. The average Bonchev–Trinajstić information content (AvgIpc) is 2.84. The number of pyridine rings is 2. The van der Waals surface area contributed by atoms with E-state index in [-0.39, 0.29) is 28.4 Å². The third kappa shape index (κ3) is 5.27. The Morgan fingerprint density at radius 3 is 2.38 bits per heavy atom. The molecule has 194 valence electrons. The summed E-state index contributed by atoms with van der Waals surface area (Å²) in [6.45, 7) is 8.41. The minimum absolute atomic E-state index is 0.158. The Morgan fingerprint density at radius 1 is 1.08 bits per heavy atom. The number of rotatable bonds is 7. The summed E-state index contributed by atoms with van der Waals surface area (Å²) in [5.74, 6) is -0.401. The van der Waals surface area contributed by atoms with Crippen molar-refractivity contribution >= 4 is 47.4 Å². The summed E-state index contributed by atoms with van der Waals surface area (Å²) in [6.07, 6.45) is 3.11. The van der Waals surface area contributed by atoms with Crippen molar-refractivity contribution in [3.05, 3.63) is 76.7 Å². The Labute approximate surface area is 222 Å². The first-order valence-corrected chi connectivity index (χ1v) is 15.0. The molecule has 3 heterocycles. The monoisotopic (exact) mass is 539 g/mol. The van der Waals surface area contributed by atoms with Gasteiger partial charge in [-0.25, -0.2) is 4.98 Å². The van der Waals surface area contributed by atoms with Crippen LogP contribution in [-0.4, -0.2) is 55.2 Å². The number of anilines is 2. The smallest absolute Gasteiger partial charge is 0.253 e. The van der Waals surface area contributed by atoms with Crippen molar-refractivity contribution in [2.75, 3.05) is 43.7 Å².